The molecule has 1 unspecified atom stereocenters. The summed E-state index contributed by atoms with van der Waals surface area (Å²) in [7, 11) is 2.17. The lowest BCUT2D eigenvalue weighted by atomic mass is 10.2. The third-order valence-electron chi connectivity index (χ3n) is 3.23. The first kappa shape index (κ1) is 13.9. The normalized spacial score (nSPS) is 20.2. The van der Waals surface area contributed by atoms with Gasteiger partial charge in [0, 0.05) is 30.4 Å². The Morgan fingerprint density at radius 1 is 1.61 bits per heavy atom. The van der Waals surface area contributed by atoms with Gasteiger partial charge in [-0.05, 0) is 19.2 Å². The summed E-state index contributed by atoms with van der Waals surface area (Å²) in [5.41, 5.74) is 0.993. The smallest absolute Gasteiger partial charge is 0.151 e. The van der Waals surface area contributed by atoms with Gasteiger partial charge in [0.1, 0.15) is 0 Å². The zero-order chi connectivity index (χ0) is 13.0. The van der Waals surface area contributed by atoms with Gasteiger partial charge in [0.15, 0.2) is 5.76 Å². The number of thioether (sulfide) groups is 1. The highest BCUT2D eigenvalue weighted by Gasteiger charge is 2.21. The van der Waals surface area contributed by atoms with Gasteiger partial charge in [-0.15, -0.1) is 0 Å². The molecule has 1 N–H and O–H groups in total. The predicted octanol–water partition coefficient (Wildman–Crippen LogP) is 2.11. The average molecular weight is 269 g/mol. The van der Waals surface area contributed by atoms with E-state index < -0.39 is 0 Å². The van der Waals surface area contributed by atoms with Crippen molar-refractivity contribution in [2.75, 3.05) is 18.6 Å². The van der Waals surface area contributed by atoms with Gasteiger partial charge >= 0.3 is 0 Å². The zero-order valence-electron chi connectivity index (χ0n) is 11.5. The van der Waals surface area contributed by atoms with E-state index in [1.807, 2.05) is 11.8 Å². The van der Waals surface area contributed by atoms with E-state index in [9.17, 15) is 0 Å². The van der Waals surface area contributed by atoms with E-state index >= 15 is 0 Å². The molecule has 2 heterocycles. The van der Waals surface area contributed by atoms with Crippen molar-refractivity contribution in [1.29, 1.82) is 0 Å². The van der Waals surface area contributed by atoms with Crippen molar-refractivity contribution in [2.45, 2.75) is 45.4 Å². The molecule has 0 radical (unpaired) electrons. The standard InChI is InChI=1S/C13H23N3OS/c1-10(2)14-7-11-6-13(17-15-11)8-16(3)12-4-5-18-9-12/h6,10,12,14H,4-5,7-9H2,1-3H3. The molecular weight excluding hydrogens is 246 g/mol. The summed E-state index contributed by atoms with van der Waals surface area (Å²) in [6.45, 7) is 5.91. The first-order chi connectivity index (χ1) is 8.65. The van der Waals surface area contributed by atoms with Crippen LogP contribution in [0.5, 0.6) is 0 Å². The Morgan fingerprint density at radius 3 is 3.11 bits per heavy atom. The van der Waals surface area contributed by atoms with Crippen molar-refractivity contribution in [2.24, 2.45) is 0 Å². The van der Waals surface area contributed by atoms with Gasteiger partial charge < -0.3 is 9.84 Å². The SMILES string of the molecule is CC(C)NCc1cc(CN(C)C2CCSC2)on1. The summed E-state index contributed by atoms with van der Waals surface area (Å²) in [5.74, 6) is 3.50. The Balaban J connectivity index is 1.82. The molecule has 4 nitrogen and oxygen atoms in total. The molecule has 0 bridgehead atoms. The molecule has 0 aromatic carbocycles. The van der Waals surface area contributed by atoms with Crippen LogP contribution in [-0.2, 0) is 13.1 Å². The van der Waals surface area contributed by atoms with Crippen molar-refractivity contribution < 1.29 is 4.52 Å². The minimum absolute atomic E-state index is 0.475. The number of nitrogens with zero attached hydrogens (tertiary/aromatic N) is 2. The lowest BCUT2D eigenvalue weighted by Crippen LogP contribution is -2.30. The summed E-state index contributed by atoms with van der Waals surface area (Å²) in [6, 6.07) is 3.23. The lowest BCUT2D eigenvalue weighted by molar-refractivity contribution is 0.222. The summed E-state index contributed by atoms with van der Waals surface area (Å²) < 4.78 is 5.39. The van der Waals surface area contributed by atoms with Crippen LogP contribution < -0.4 is 5.32 Å². The number of rotatable bonds is 6. The fraction of sp³-hybridized carbons (Fsp3) is 0.769. The maximum atomic E-state index is 5.39. The van der Waals surface area contributed by atoms with Crippen LogP contribution >= 0.6 is 11.8 Å². The average Bonchev–Trinajstić information content (AvgIpc) is 2.97. The highest BCUT2D eigenvalue weighted by molar-refractivity contribution is 7.99. The second-order valence-electron chi connectivity index (χ2n) is 5.25. The molecule has 18 heavy (non-hydrogen) atoms. The largest absolute Gasteiger partial charge is 0.360 e. The Labute approximate surface area is 113 Å². The van der Waals surface area contributed by atoms with Gasteiger partial charge in [-0.3, -0.25) is 4.90 Å². The Morgan fingerprint density at radius 2 is 2.44 bits per heavy atom. The Kier molecular flexibility index (Phi) is 5.09. The van der Waals surface area contributed by atoms with E-state index in [1.165, 1.54) is 17.9 Å². The quantitative estimate of drug-likeness (QED) is 0.856. The second kappa shape index (κ2) is 6.59. The molecule has 2 rings (SSSR count). The summed E-state index contributed by atoms with van der Waals surface area (Å²) in [6.07, 6.45) is 1.29. The van der Waals surface area contributed by atoms with Crippen LogP contribution in [0.3, 0.4) is 0 Å². The number of nitrogens with one attached hydrogen (secondary N) is 1. The van der Waals surface area contributed by atoms with Crippen LogP contribution in [-0.4, -0.2) is 40.7 Å². The Bertz CT molecular complexity index is 361. The van der Waals surface area contributed by atoms with Crippen LogP contribution in [0.2, 0.25) is 0 Å². The fourth-order valence-corrected chi connectivity index (χ4v) is 3.37. The summed E-state index contributed by atoms with van der Waals surface area (Å²) in [4.78, 5) is 2.38. The van der Waals surface area contributed by atoms with E-state index in [4.69, 9.17) is 4.52 Å². The third-order valence-corrected chi connectivity index (χ3v) is 4.38. The van der Waals surface area contributed by atoms with Gasteiger partial charge in [-0.2, -0.15) is 11.8 Å². The van der Waals surface area contributed by atoms with Gasteiger partial charge in [-0.1, -0.05) is 19.0 Å². The highest BCUT2D eigenvalue weighted by Crippen LogP contribution is 2.22. The predicted molar refractivity (Wildman–Crippen MR) is 75.7 cm³/mol. The Hall–Kier alpha value is -0.520. The van der Waals surface area contributed by atoms with Gasteiger partial charge in [0.05, 0.1) is 12.2 Å². The van der Waals surface area contributed by atoms with Crippen molar-refractivity contribution in [3.8, 4) is 0 Å². The summed E-state index contributed by atoms with van der Waals surface area (Å²) in [5, 5.41) is 7.44. The van der Waals surface area contributed by atoms with Crippen LogP contribution in [0, 0.1) is 0 Å². The molecule has 1 aliphatic rings. The van der Waals surface area contributed by atoms with Crippen molar-refractivity contribution >= 4 is 11.8 Å². The van der Waals surface area contributed by atoms with E-state index in [0.717, 1.165) is 24.5 Å². The number of aromatic nitrogens is 1. The van der Waals surface area contributed by atoms with Gasteiger partial charge in [-0.25, -0.2) is 0 Å². The van der Waals surface area contributed by atoms with Gasteiger partial charge in [0.25, 0.3) is 0 Å². The maximum absolute atomic E-state index is 5.39. The van der Waals surface area contributed by atoms with Crippen LogP contribution in [0.4, 0.5) is 0 Å². The third kappa shape index (κ3) is 4.00. The molecule has 0 saturated carbocycles. The highest BCUT2D eigenvalue weighted by atomic mass is 32.2. The number of hydrogen-bond acceptors (Lipinski definition) is 5. The molecule has 1 fully saturated rings. The molecule has 1 aromatic rings. The molecule has 1 saturated heterocycles. The first-order valence-corrected chi connectivity index (χ1v) is 7.76. The first-order valence-electron chi connectivity index (χ1n) is 6.61. The molecule has 1 aliphatic heterocycles. The fourth-order valence-electron chi connectivity index (χ4n) is 2.07. The van der Waals surface area contributed by atoms with E-state index in [1.54, 1.807) is 0 Å². The van der Waals surface area contributed by atoms with Crippen molar-refractivity contribution in [1.82, 2.24) is 15.4 Å². The maximum Gasteiger partial charge on any atom is 0.151 e. The minimum Gasteiger partial charge on any atom is -0.360 e. The number of hydrogen-bond donors (Lipinski definition) is 1. The van der Waals surface area contributed by atoms with Crippen molar-refractivity contribution in [3.63, 3.8) is 0 Å². The molecule has 5 heteroatoms. The molecule has 102 valence electrons. The molecule has 1 atom stereocenters. The molecule has 0 aliphatic carbocycles. The van der Waals surface area contributed by atoms with E-state index in [2.05, 4.69) is 42.3 Å². The minimum atomic E-state index is 0.475. The van der Waals surface area contributed by atoms with E-state index in [0.29, 0.717) is 12.1 Å². The van der Waals surface area contributed by atoms with Crippen LogP contribution in [0.25, 0.3) is 0 Å². The lowest BCUT2D eigenvalue weighted by Gasteiger charge is -2.21. The zero-order valence-corrected chi connectivity index (χ0v) is 12.3. The van der Waals surface area contributed by atoms with E-state index in [-0.39, 0.29) is 0 Å². The molecular formula is C13H23N3OS. The summed E-state index contributed by atoms with van der Waals surface area (Å²) >= 11 is 2.04. The van der Waals surface area contributed by atoms with Crippen LogP contribution in [0.15, 0.2) is 10.6 Å². The monoisotopic (exact) mass is 269 g/mol. The molecule has 0 spiro atoms. The van der Waals surface area contributed by atoms with Gasteiger partial charge in [0.2, 0.25) is 0 Å². The van der Waals surface area contributed by atoms with Crippen molar-refractivity contribution in [3.05, 3.63) is 17.5 Å². The van der Waals surface area contributed by atoms with Crippen LogP contribution in [0.1, 0.15) is 31.7 Å². The molecule has 0 amide bonds. The topological polar surface area (TPSA) is 41.3 Å². The second-order valence-corrected chi connectivity index (χ2v) is 6.40. The molecule has 1 aromatic heterocycles.